The molecule has 30 heteroatoms. The minimum absolute atomic E-state index is 0.0190. The maximum atomic E-state index is 14.6. The number of nitrogens with one attached hydrogen (secondary N) is 11. The Kier molecular flexibility index (Phi) is 36.7. The van der Waals surface area contributed by atoms with Crippen LogP contribution in [0.25, 0.3) is 0 Å². The molecule has 570 valence electrons. The lowest BCUT2D eigenvalue weighted by atomic mass is 9.92. The zero-order valence-electron chi connectivity index (χ0n) is 65.0. The molecule has 0 heterocycles. The zero-order valence-corrected chi connectivity index (χ0v) is 65.0. The fourth-order valence-electron chi connectivity index (χ4n) is 9.42. The zero-order chi connectivity index (χ0) is 78.4. The molecule has 9 atom stereocenters. The molecule has 0 aliphatic heterocycles. The van der Waals surface area contributed by atoms with Gasteiger partial charge in [0, 0.05) is 12.6 Å². The molecule has 0 aliphatic rings. The second-order valence-corrected chi connectivity index (χ2v) is 30.4. The van der Waals surface area contributed by atoms with E-state index in [2.05, 4.69) is 58.5 Å². The number of hydrogen-bond donors (Lipinski definition) is 13. The number of aliphatic hydroxyl groups is 2. The average molecular weight is 1420 g/mol. The summed E-state index contributed by atoms with van der Waals surface area (Å²) in [5.41, 5.74) is -6.31. The Morgan fingerprint density at radius 2 is 0.850 bits per heavy atom. The lowest BCUT2D eigenvalue weighted by molar-refractivity contribution is -0.142. The number of carbonyl (C=O) groups excluding carboxylic acids is 13. The van der Waals surface area contributed by atoms with Gasteiger partial charge in [0.2, 0.25) is 41.4 Å². The monoisotopic (exact) mass is 1420 g/mol. The summed E-state index contributed by atoms with van der Waals surface area (Å²) in [6.07, 6.45) is -1.76. The van der Waals surface area contributed by atoms with Crippen molar-refractivity contribution in [2.75, 3.05) is 27.2 Å². The molecule has 0 saturated carbocycles. The quantitative estimate of drug-likeness (QED) is 0.0401. The Balaban J connectivity index is 6.99. The van der Waals surface area contributed by atoms with Gasteiger partial charge < -0.3 is 83.1 Å². The number of amides is 13. The van der Waals surface area contributed by atoms with E-state index in [1.807, 2.05) is 32.8 Å². The van der Waals surface area contributed by atoms with Crippen LogP contribution in [-0.4, -0.2) is 195 Å². The van der Waals surface area contributed by atoms with Crippen molar-refractivity contribution in [3.05, 3.63) is 33.8 Å². The molecule has 0 aromatic rings. The fraction of sp³-hybridized carbons (Fsp3) is 0.729. The first kappa shape index (κ1) is 92.0. The SMILES string of the molecule is CC/C(C)=C(\NC(=O)[C@H](NC(=O)[C@@H](NC(=O)[C@H](NC(=O)[C@H](NC(=O)/C(=C(/C)CC)N(C(=O)CNC(=O)OC(C)(C)C)C(=O)OC(C)(C)C)C(C)C)[C@@H](C)CC)C(C)(C)O)C(C)(C)O)C(=O)N[C@H](C)C(=O)N[C@H](C(=O)N[C@@H](C(=O)NC(C(=O)N[C@H](CN(C)C)C(C)C)=C(C)C)C(C)C)C(C)C. The molecule has 0 rings (SSSR count). The van der Waals surface area contributed by atoms with Crippen LogP contribution in [0.2, 0.25) is 0 Å². The van der Waals surface area contributed by atoms with Crippen LogP contribution < -0.4 is 58.5 Å². The molecule has 0 radical (unpaired) electrons. The third kappa shape index (κ3) is 30.5. The predicted molar refractivity (Wildman–Crippen MR) is 379 cm³/mol. The highest BCUT2D eigenvalue weighted by atomic mass is 16.6. The van der Waals surface area contributed by atoms with Crippen molar-refractivity contribution in [1.29, 1.82) is 0 Å². The van der Waals surface area contributed by atoms with E-state index in [-0.39, 0.29) is 53.8 Å². The standard InChI is InChI=1S/C70H123N13O17/c1-30-40(14)50(60(90)72-43(17)55(85)74-47(37(8)9)57(87)76-48(38(10)11)58(88)75-46(36(6)7)56(86)73-44(35(4)5)34-82(28)29)79-63(93)53(69(24,25)97)81-64(94)54(70(26,27)98)80-61(91)51(41(15)31-2)78-59(89)49(39(12)13)77-62(92)52(42(16)32-3)83(66(96)100-68(21,22)23)45(84)33-71-65(95)99-67(18,19)20/h35,37-39,41,43-44,47-49,51,53-54,97-98H,30-34H2,1-29H3,(H,71,95)(H,72,90)(H,73,86)(H,74,85)(H,75,88)(H,76,87)(H,77,92)(H,78,89)(H,79,93)(H,80,91)(H,81,94)/b50-40-,52-42+/t41-,43+,44+,47-,48+,49+,51+,53-,54+/m0/s1. The second-order valence-electron chi connectivity index (χ2n) is 30.4. The first-order valence-corrected chi connectivity index (χ1v) is 34.2. The molecular formula is C70H123N13O17. The number of alkyl carbamates (subject to hydrolysis) is 1. The molecule has 0 bridgehead atoms. The number of nitrogens with zero attached hydrogens (tertiary/aromatic N) is 2. The van der Waals surface area contributed by atoms with E-state index in [9.17, 15) is 72.5 Å². The number of likely N-dealkylation sites (N-methyl/N-ethyl adjacent to an activating group) is 1. The lowest BCUT2D eigenvalue weighted by Crippen LogP contribution is -2.66. The van der Waals surface area contributed by atoms with Crippen molar-refractivity contribution in [3.8, 4) is 0 Å². The maximum absolute atomic E-state index is 14.6. The topological polar surface area (TPSA) is 420 Å². The van der Waals surface area contributed by atoms with Gasteiger partial charge in [0.25, 0.3) is 23.6 Å². The molecule has 0 aromatic carbocycles. The molecule has 0 spiro atoms. The minimum atomic E-state index is -2.14. The van der Waals surface area contributed by atoms with Gasteiger partial charge in [-0.2, -0.15) is 0 Å². The van der Waals surface area contributed by atoms with Gasteiger partial charge in [-0.15, -0.1) is 0 Å². The van der Waals surface area contributed by atoms with Crippen LogP contribution in [0.15, 0.2) is 33.8 Å². The molecule has 0 saturated heterocycles. The maximum Gasteiger partial charge on any atom is 0.421 e. The van der Waals surface area contributed by atoms with E-state index in [1.165, 1.54) is 69.2 Å². The summed E-state index contributed by atoms with van der Waals surface area (Å²) < 4.78 is 10.8. The van der Waals surface area contributed by atoms with Gasteiger partial charge >= 0.3 is 12.2 Å². The van der Waals surface area contributed by atoms with Gasteiger partial charge in [-0.1, -0.05) is 89.5 Å². The number of imide groups is 1. The highest BCUT2D eigenvalue weighted by Crippen LogP contribution is 2.23. The second kappa shape index (κ2) is 39.9. The fourth-order valence-corrected chi connectivity index (χ4v) is 9.42. The third-order valence-electron chi connectivity index (χ3n) is 15.8. The Labute approximate surface area is 592 Å². The van der Waals surface area contributed by atoms with Crippen LogP contribution in [0, 0.1) is 29.6 Å². The summed E-state index contributed by atoms with van der Waals surface area (Å²) in [5.74, 6) is -12.7. The van der Waals surface area contributed by atoms with Crippen molar-refractivity contribution in [3.63, 3.8) is 0 Å². The van der Waals surface area contributed by atoms with Crippen molar-refractivity contribution < 1.29 is 82.0 Å². The van der Waals surface area contributed by atoms with Gasteiger partial charge in [0.1, 0.15) is 77.1 Å². The number of allylic oxidation sites excluding steroid dienone is 3. The molecular weight excluding hydrogens is 1290 g/mol. The van der Waals surface area contributed by atoms with Crippen molar-refractivity contribution in [2.24, 2.45) is 29.6 Å². The van der Waals surface area contributed by atoms with E-state index in [0.717, 1.165) is 0 Å². The van der Waals surface area contributed by atoms with Crippen molar-refractivity contribution in [1.82, 2.24) is 68.3 Å². The summed E-state index contributed by atoms with van der Waals surface area (Å²) in [6, 6.07) is -10.9. The Hall–Kier alpha value is -7.99. The van der Waals surface area contributed by atoms with Gasteiger partial charge in [-0.25, -0.2) is 14.5 Å². The Bertz CT molecular complexity index is 3010. The number of ether oxygens (including phenoxy) is 2. The van der Waals surface area contributed by atoms with Crippen molar-refractivity contribution in [2.45, 2.75) is 277 Å². The van der Waals surface area contributed by atoms with Gasteiger partial charge in [0.05, 0.1) is 11.2 Å². The van der Waals surface area contributed by atoms with Crippen LogP contribution in [0.5, 0.6) is 0 Å². The minimum Gasteiger partial charge on any atom is -0.444 e. The first-order valence-electron chi connectivity index (χ1n) is 34.2. The van der Waals surface area contributed by atoms with E-state index in [4.69, 9.17) is 9.47 Å². The van der Waals surface area contributed by atoms with E-state index in [1.54, 1.807) is 104 Å². The largest absolute Gasteiger partial charge is 0.444 e. The number of hydrogen-bond acceptors (Lipinski definition) is 18. The smallest absolute Gasteiger partial charge is 0.421 e. The molecule has 30 nitrogen and oxygen atoms in total. The Morgan fingerprint density at radius 1 is 0.440 bits per heavy atom. The molecule has 13 N–H and O–H groups in total. The third-order valence-corrected chi connectivity index (χ3v) is 15.8. The molecule has 0 fully saturated rings. The first-order chi connectivity index (χ1) is 45.5. The predicted octanol–water partition coefficient (Wildman–Crippen LogP) is 3.84. The number of carbonyl (C=O) groups is 13. The summed E-state index contributed by atoms with van der Waals surface area (Å²) in [5, 5.41) is 51.5. The van der Waals surface area contributed by atoms with E-state index in [0.29, 0.717) is 17.0 Å². The van der Waals surface area contributed by atoms with Crippen LogP contribution in [0.1, 0.15) is 206 Å². The molecule has 0 aromatic heterocycles. The van der Waals surface area contributed by atoms with Crippen LogP contribution in [0.3, 0.4) is 0 Å². The Morgan fingerprint density at radius 3 is 1.27 bits per heavy atom. The number of rotatable bonds is 35. The molecule has 100 heavy (non-hydrogen) atoms. The van der Waals surface area contributed by atoms with Crippen LogP contribution in [-0.2, 0) is 62.2 Å². The highest BCUT2D eigenvalue weighted by molar-refractivity contribution is 6.08. The summed E-state index contributed by atoms with van der Waals surface area (Å²) in [7, 11) is 3.76. The highest BCUT2D eigenvalue weighted by Gasteiger charge is 2.44. The van der Waals surface area contributed by atoms with E-state index >= 15 is 0 Å². The lowest BCUT2D eigenvalue weighted by Gasteiger charge is -2.35. The normalized spacial score (nSPS) is 15.3. The molecule has 0 aliphatic carbocycles. The van der Waals surface area contributed by atoms with Gasteiger partial charge in [0.15, 0.2) is 0 Å². The summed E-state index contributed by atoms with van der Waals surface area (Å²) >= 11 is 0. The van der Waals surface area contributed by atoms with Crippen molar-refractivity contribution >= 4 is 77.2 Å². The summed E-state index contributed by atoms with van der Waals surface area (Å²) in [6.45, 7) is 41.8. The molecule has 0 unspecified atom stereocenters. The molecule has 13 amide bonds. The van der Waals surface area contributed by atoms with Crippen LogP contribution >= 0.6 is 0 Å². The average Bonchev–Trinajstić information content (AvgIpc) is 0.813. The van der Waals surface area contributed by atoms with Gasteiger partial charge in [-0.3, -0.25) is 52.7 Å². The van der Waals surface area contributed by atoms with Crippen LogP contribution in [0.4, 0.5) is 9.59 Å². The summed E-state index contributed by atoms with van der Waals surface area (Å²) in [4.78, 5) is 185. The van der Waals surface area contributed by atoms with E-state index < -0.39 is 178 Å². The van der Waals surface area contributed by atoms with Gasteiger partial charge in [-0.05, 0) is 177 Å².